The maximum absolute atomic E-state index is 12.4. The minimum absolute atomic E-state index is 0.00639. The minimum atomic E-state index is -0.151. The second kappa shape index (κ2) is 6.72. The molecular formula is C15H21NO4. The second-order valence-electron chi connectivity index (χ2n) is 4.96. The number of methoxy groups -OCH3 is 2. The third-order valence-electron chi connectivity index (χ3n) is 3.77. The Morgan fingerprint density at radius 2 is 2.15 bits per heavy atom. The number of hydrogen-bond acceptors (Lipinski definition) is 4. The normalized spacial score (nSPS) is 22.1. The van der Waals surface area contributed by atoms with E-state index in [4.69, 9.17) is 9.47 Å². The molecule has 110 valence electrons. The molecule has 0 spiro atoms. The Morgan fingerprint density at radius 3 is 2.80 bits per heavy atom. The predicted octanol–water partition coefficient (Wildman–Crippen LogP) is 0.846. The smallest absolute Gasteiger partial charge is 0.227 e. The molecule has 1 fully saturated rings. The van der Waals surface area contributed by atoms with E-state index >= 15 is 0 Å². The zero-order chi connectivity index (χ0) is 14.5. The molecule has 2 rings (SSSR count). The van der Waals surface area contributed by atoms with Crippen LogP contribution in [0.2, 0.25) is 0 Å². The van der Waals surface area contributed by atoms with E-state index in [2.05, 4.69) is 0 Å². The van der Waals surface area contributed by atoms with E-state index in [0.717, 1.165) is 5.56 Å². The number of hydrogen-bond donors (Lipinski definition) is 1. The Bertz CT molecular complexity index is 463. The van der Waals surface area contributed by atoms with Gasteiger partial charge in [0.05, 0.1) is 32.3 Å². The number of carbonyl (C=O) groups excluding carboxylic acids is 1. The third kappa shape index (κ3) is 3.11. The number of aliphatic hydroxyl groups excluding tert-OH is 1. The van der Waals surface area contributed by atoms with Gasteiger partial charge in [0.15, 0.2) is 0 Å². The number of benzene rings is 1. The van der Waals surface area contributed by atoms with E-state index in [9.17, 15) is 9.90 Å². The molecule has 2 atom stereocenters. The second-order valence-corrected chi connectivity index (χ2v) is 4.96. The highest BCUT2D eigenvalue weighted by molar-refractivity contribution is 5.80. The van der Waals surface area contributed by atoms with Gasteiger partial charge in [0, 0.05) is 19.2 Å². The van der Waals surface area contributed by atoms with Gasteiger partial charge < -0.3 is 19.5 Å². The molecule has 1 saturated heterocycles. The van der Waals surface area contributed by atoms with Crippen molar-refractivity contribution in [2.45, 2.75) is 25.0 Å². The first-order valence-electron chi connectivity index (χ1n) is 6.74. The molecule has 1 aromatic carbocycles. The quantitative estimate of drug-likeness (QED) is 0.868. The van der Waals surface area contributed by atoms with E-state index in [-0.39, 0.29) is 31.1 Å². The summed E-state index contributed by atoms with van der Waals surface area (Å²) in [4.78, 5) is 14.1. The van der Waals surface area contributed by atoms with E-state index in [0.29, 0.717) is 18.7 Å². The summed E-state index contributed by atoms with van der Waals surface area (Å²) in [5.41, 5.74) is 0.859. The van der Waals surface area contributed by atoms with E-state index in [1.807, 2.05) is 24.3 Å². The van der Waals surface area contributed by atoms with Gasteiger partial charge in [0.1, 0.15) is 5.75 Å². The summed E-state index contributed by atoms with van der Waals surface area (Å²) in [5.74, 6) is 0.706. The Labute approximate surface area is 119 Å². The summed E-state index contributed by atoms with van der Waals surface area (Å²) in [7, 11) is 3.23. The van der Waals surface area contributed by atoms with Gasteiger partial charge in [-0.3, -0.25) is 4.79 Å². The van der Waals surface area contributed by atoms with Crippen LogP contribution in [-0.2, 0) is 16.0 Å². The van der Waals surface area contributed by atoms with Crippen molar-refractivity contribution in [3.63, 3.8) is 0 Å². The van der Waals surface area contributed by atoms with E-state index < -0.39 is 0 Å². The Kier molecular flexibility index (Phi) is 4.98. The number of rotatable bonds is 5. The van der Waals surface area contributed by atoms with E-state index in [1.165, 1.54) is 0 Å². The van der Waals surface area contributed by atoms with Gasteiger partial charge in [-0.25, -0.2) is 0 Å². The molecule has 20 heavy (non-hydrogen) atoms. The Morgan fingerprint density at radius 1 is 1.40 bits per heavy atom. The zero-order valence-electron chi connectivity index (χ0n) is 11.9. The molecule has 1 aliphatic rings. The Balaban J connectivity index is 2.07. The van der Waals surface area contributed by atoms with Crippen molar-refractivity contribution in [3.05, 3.63) is 29.8 Å². The van der Waals surface area contributed by atoms with Crippen LogP contribution >= 0.6 is 0 Å². The molecule has 0 unspecified atom stereocenters. The van der Waals surface area contributed by atoms with Crippen LogP contribution in [0.3, 0.4) is 0 Å². The van der Waals surface area contributed by atoms with Crippen molar-refractivity contribution in [1.29, 1.82) is 0 Å². The first kappa shape index (κ1) is 14.8. The molecule has 1 N–H and O–H groups in total. The van der Waals surface area contributed by atoms with Crippen molar-refractivity contribution < 1.29 is 19.4 Å². The fourth-order valence-electron chi connectivity index (χ4n) is 2.64. The largest absolute Gasteiger partial charge is 0.496 e. The molecule has 0 aromatic heterocycles. The van der Waals surface area contributed by atoms with Crippen LogP contribution in [0.1, 0.15) is 12.0 Å². The highest BCUT2D eigenvalue weighted by Gasteiger charge is 2.34. The van der Waals surface area contributed by atoms with Crippen LogP contribution in [0.15, 0.2) is 24.3 Å². The van der Waals surface area contributed by atoms with Gasteiger partial charge in [-0.1, -0.05) is 18.2 Å². The van der Waals surface area contributed by atoms with Crippen LogP contribution in [0, 0.1) is 0 Å². The SMILES string of the molecule is COc1ccccc1CC(=O)N1C[C@H](OC)C[C@H]1CO. The summed E-state index contributed by atoms with van der Waals surface area (Å²) in [5, 5.41) is 9.39. The van der Waals surface area contributed by atoms with Crippen LogP contribution < -0.4 is 4.74 Å². The molecule has 1 aliphatic heterocycles. The molecular weight excluding hydrogens is 258 g/mol. The number of aliphatic hydroxyl groups is 1. The van der Waals surface area contributed by atoms with Crippen LogP contribution in [0.25, 0.3) is 0 Å². The van der Waals surface area contributed by atoms with Gasteiger partial charge in [0.2, 0.25) is 5.91 Å². The first-order chi connectivity index (χ1) is 9.69. The van der Waals surface area contributed by atoms with E-state index in [1.54, 1.807) is 19.1 Å². The van der Waals surface area contributed by atoms with Gasteiger partial charge in [0.25, 0.3) is 0 Å². The van der Waals surface area contributed by atoms with Gasteiger partial charge >= 0.3 is 0 Å². The lowest BCUT2D eigenvalue weighted by Gasteiger charge is -2.23. The lowest BCUT2D eigenvalue weighted by molar-refractivity contribution is -0.132. The molecule has 1 amide bonds. The van der Waals surface area contributed by atoms with Crippen molar-refractivity contribution in [1.82, 2.24) is 4.90 Å². The number of ether oxygens (including phenoxy) is 2. The van der Waals surface area contributed by atoms with Gasteiger partial charge in [-0.2, -0.15) is 0 Å². The number of amides is 1. The lowest BCUT2D eigenvalue weighted by atomic mass is 10.1. The first-order valence-corrected chi connectivity index (χ1v) is 6.74. The predicted molar refractivity (Wildman–Crippen MR) is 74.7 cm³/mol. The highest BCUT2D eigenvalue weighted by atomic mass is 16.5. The summed E-state index contributed by atoms with van der Waals surface area (Å²) in [6.07, 6.45) is 0.968. The molecule has 5 nitrogen and oxygen atoms in total. The lowest BCUT2D eigenvalue weighted by Crippen LogP contribution is -2.39. The maximum Gasteiger partial charge on any atom is 0.227 e. The maximum atomic E-state index is 12.4. The minimum Gasteiger partial charge on any atom is -0.496 e. The summed E-state index contributed by atoms with van der Waals surface area (Å²) >= 11 is 0. The Hall–Kier alpha value is -1.59. The molecule has 1 aromatic rings. The van der Waals surface area contributed by atoms with Gasteiger partial charge in [-0.05, 0) is 12.5 Å². The summed E-state index contributed by atoms with van der Waals surface area (Å²) in [6, 6.07) is 7.33. The molecule has 1 heterocycles. The number of carbonyl (C=O) groups is 1. The number of likely N-dealkylation sites (tertiary alicyclic amines) is 1. The van der Waals surface area contributed by atoms with Crippen molar-refractivity contribution in [2.24, 2.45) is 0 Å². The summed E-state index contributed by atoms with van der Waals surface area (Å²) in [6.45, 7) is 0.507. The van der Waals surface area contributed by atoms with Crippen LogP contribution in [0.5, 0.6) is 5.75 Å². The van der Waals surface area contributed by atoms with Crippen LogP contribution in [0.4, 0.5) is 0 Å². The van der Waals surface area contributed by atoms with Gasteiger partial charge in [-0.15, -0.1) is 0 Å². The number of nitrogens with zero attached hydrogens (tertiary/aromatic N) is 1. The fourth-order valence-corrected chi connectivity index (χ4v) is 2.64. The highest BCUT2D eigenvalue weighted by Crippen LogP contribution is 2.23. The molecule has 0 saturated carbocycles. The average molecular weight is 279 g/mol. The van der Waals surface area contributed by atoms with Crippen molar-refractivity contribution in [2.75, 3.05) is 27.4 Å². The van der Waals surface area contributed by atoms with Crippen LogP contribution in [-0.4, -0.2) is 55.4 Å². The topological polar surface area (TPSA) is 59.0 Å². The summed E-state index contributed by atoms with van der Waals surface area (Å²) < 4.78 is 10.5. The van der Waals surface area contributed by atoms with Crippen molar-refractivity contribution in [3.8, 4) is 5.75 Å². The monoisotopic (exact) mass is 279 g/mol. The molecule has 0 radical (unpaired) electrons. The molecule has 0 bridgehead atoms. The zero-order valence-corrected chi connectivity index (χ0v) is 11.9. The molecule has 5 heteroatoms. The average Bonchev–Trinajstić information content (AvgIpc) is 2.91. The number of para-hydroxylation sites is 1. The molecule has 0 aliphatic carbocycles. The standard InChI is InChI=1S/C15H21NO4/c1-19-13-8-12(10-17)16(9-13)15(18)7-11-5-3-4-6-14(11)20-2/h3-6,12-13,17H,7-10H2,1-2H3/t12-,13+/m0/s1. The third-order valence-corrected chi connectivity index (χ3v) is 3.77. The fraction of sp³-hybridized carbons (Fsp3) is 0.533. The van der Waals surface area contributed by atoms with Crippen molar-refractivity contribution >= 4 is 5.91 Å².